The minimum Gasteiger partial charge on any atom is -0.487 e. The Kier molecular flexibility index (Phi) is 5.92. The Balaban J connectivity index is 2.62. The quantitative estimate of drug-likeness (QED) is 0.429. The summed E-state index contributed by atoms with van der Waals surface area (Å²) >= 11 is 5.65. The number of hydrogen-bond donors (Lipinski definition) is 0. The van der Waals surface area contributed by atoms with Crippen LogP contribution in [0.5, 0.6) is 5.75 Å². The van der Waals surface area contributed by atoms with Crippen LogP contribution in [-0.2, 0) is 0 Å². The lowest BCUT2D eigenvalue weighted by Gasteiger charge is -2.11. The zero-order valence-electron chi connectivity index (χ0n) is 10.7. The van der Waals surface area contributed by atoms with E-state index in [1.165, 1.54) is 0 Å². The largest absolute Gasteiger partial charge is 0.487 e. The second kappa shape index (κ2) is 7.21. The first-order chi connectivity index (χ1) is 8.56. The monoisotopic (exact) mass is 271 g/mol. The van der Waals surface area contributed by atoms with Crippen molar-refractivity contribution in [2.45, 2.75) is 26.7 Å². The van der Waals surface area contributed by atoms with E-state index >= 15 is 0 Å². The number of nitro benzene ring substituents is 1. The summed E-state index contributed by atoms with van der Waals surface area (Å²) in [6.07, 6.45) is 1.78. The molecule has 18 heavy (non-hydrogen) atoms. The van der Waals surface area contributed by atoms with Gasteiger partial charge in [-0.2, -0.15) is 0 Å². The van der Waals surface area contributed by atoms with E-state index in [1.807, 2.05) is 0 Å². The van der Waals surface area contributed by atoms with E-state index < -0.39 is 4.92 Å². The number of halogens is 1. The minimum absolute atomic E-state index is 0.0579. The SMILES string of the molecule is Cc1cccc(OCCC(C)CCCl)c1[N+](=O)[O-]. The molecule has 4 nitrogen and oxygen atoms in total. The zero-order chi connectivity index (χ0) is 13.5. The van der Waals surface area contributed by atoms with Crippen molar-refractivity contribution < 1.29 is 9.66 Å². The summed E-state index contributed by atoms with van der Waals surface area (Å²) < 4.78 is 5.51. The van der Waals surface area contributed by atoms with Crippen LogP contribution < -0.4 is 4.74 Å². The Morgan fingerprint density at radius 2 is 2.17 bits per heavy atom. The van der Waals surface area contributed by atoms with Crippen LogP contribution in [0.4, 0.5) is 5.69 Å². The zero-order valence-corrected chi connectivity index (χ0v) is 11.4. The molecular weight excluding hydrogens is 254 g/mol. The van der Waals surface area contributed by atoms with Gasteiger partial charge in [0.2, 0.25) is 0 Å². The number of alkyl halides is 1. The average molecular weight is 272 g/mol. The first-order valence-electron chi connectivity index (χ1n) is 5.99. The van der Waals surface area contributed by atoms with Gasteiger partial charge in [-0.15, -0.1) is 11.6 Å². The van der Waals surface area contributed by atoms with Gasteiger partial charge in [0, 0.05) is 11.4 Å². The van der Waals surface area contributed by atoms with E-state index in [1.54, 1.807) is 25.1 Å². The summed E-state index contributed by atoms with van der Waals surface area (Å²) in [6.45, 7) is 4.28. The van der Waals surface area contributed by atoms with E-state index in [4.69, 9.17) is 16.3 Å². The molecule has 0 N–H and O–H groups in total. The summed E-state index contributed by atoms with van der Waals surface area (Å²) in [5.41, 5.74) is 0.675. The molecule has 0 fully saturated rings. The Hall–Kier alpha value is -1.29. The van der Waals surface area contributed by atoms with Gasteiger partial charge in [0.1, 0.15) is 0 Å². The summed E-state index contributed by atoms with van der Waals surface area (Å²) in [7, 11) is 0. The van der Waals surface area contributed by atoms with Gasteiger partial charge >= 0.3 is 5.69 Å². The number of nitrogens with zero attached hydrogens (tertiary/aromatic N) is 1. The molecule has 0 heterocycles. The lowest BCUT2D eigenvalue weighted by atomic mass is 10.1. The highest BCUT2D eigenvalue weighted by Gasteiger charge is 2.18. The normalized spacial score (nSPS) is 12.2. The number of para-hydroxylation sites is 1. The number of benzene rings is 1. The average Bonchev–Trinajstić information content (AvgIpc) is 2.28. The Bertz CT molecular complexity index is 409. The summed E-state index contributed by atoms with van der Waals surface area (Å²) in [5, 5.41) is 11.0. The number of hydrogen-bond acceptors (Lipinski definition) is 3. The molecule has 1 unspecified atom stereocenters. The molecular formula is C13H18ClNO3. The highest BCUT2D eigenvalue weighted by atomic mass is 35.5. The molecule has 1 aromatic carbocycles. The Morgan fingerprint density at radius 1 is 1.44 bits per heavy atom. The summed E-state index contributed by atoms with van der Waals surface area (Å²) in [6, 6.07) is 5.11. The topological polar surface area (TPSA) is 52.4 Å². The van der Waals surface area contributed by atoms with E-state index in [2.05, 4.69) is 6.92 Å². The predicted molar refractivity (Wildman–Crippen MR) is 72.4 cm³/mol. The van der Waals surface area contributed by atoms with Gasteiger partial charge in [-0.05, 0) is 31.7 Å². The second-order valence-electron chi connectivity index (χ2n) is 4.40. The molecule has 5 heteroatoms. The van der Waals surface area contributed by atoms with Crippen molar-refractivity contribution in [2.24, 2.45) is 5.92 Å². The molecule has 1 rings (SSSR count). The van der Waals surface area contributed by atoms with E-state index in [0.717, 1.165) is 12.8 Å². The molecule has 0 aliphatic carbocycles. The molecule has 1 aromatic rings. The first kappa shape index (κ1) is 14.8. The van der Waals surface area contributed by atoms with Crippen molar-refractivity contribution in [3.8, 4) is 5.75 Å². The lowest BCUT2D eigenvalue weighted by molar-refractivity contribution is -0.386. The van der Waals surface area contributed by atoms with Crippen molar-refractivity contribution in [1.29, 1.82) is 0 Å². The molecule has 0 aliphatic rings. The molecule has 0 saturated carbocycles. The van der Waals surface area contributed by atoms with Gasteiger partial charge in [0.25, 0.3) is 0 Å². The van der Waals surface area contributed by atoms with Crippen molar-refractivity contribution in [3.05, 3.63) is 33.9 Å². The van der Waals surface area contributed by atoms with Crippen LogP contribution in [0.2, 0.25) is 0 Å². The number of rotatable bonds is 7. The number of aryl methyl sites for hydroxylation is 1. The Morgan fingerprint density at radius 3 is 2.78 bits per heavy atom. The van der Waals surface area contributed by atoms with Crippen LogP contribution in [0.15, 0.2) is 18.2 Å². The molecule has 0 radical (unpaired) electrons. The third-order valence-corrected chi connectivity index (χ3v) is 3.07. The van der Waals surface area contributed by atoms with Crippen LogP contribution in [0.3, 0.4) is 0 Å². The van der Waals surface area contributed by atoms with Gasteiger partial charge in [-0.25, -0.2) is 0 Å². The van der Waals surface area contributed by atoms with Gasteiger partial charge in [0.15, 0.2) is 5.75 Å². The Labute approximate surface area is 112 Å². The number of nitro groups is 1. The van der Waals surface area contributed by atoms with Gasteiger partial charge < -0.3 is 4.74 Å². The molecule has 0 aromatic heterocycles. The summed E-state index contributed by atoms with van der Waals surface area (Å²) in [5.74, 6) is 1.44. The molecule has 0 amide bonds. The van der Waals surface area contributed by atoms with E-state index in [0.29, 0.717) is 29.7 Å². The fraction of sp³-hybridized carbons (Fsp3) is 0.538. The molecule has 1 atom stereocenters. The van der Waals surface area contributed by atoms with Crippen LogP contribution in [0, 0.1) is 23.0 Å². The lowest BCUT2D eigenvalue weighted by Crippen LogP contribution is -2.06. The number of ether oxygens (including phenoxy) is 1. The first-order valence-corrected chi connectivity index (χ1v) is 6.52. The maximum absolute atomic E-state index is 11.0. The fourth-order valence-electron chi connectivity index (χ4n) is 1.68. The smallest absolute Gasteiger partial charge is 0.313 e. The summed E-state index contributed by atoms with van der Waals surface area (Å²) in [4.78, 5) is 10.6. The third-order valence-electron chi connectivity index (χ3n) is 2.85. The molecule has 0 saturated heterocycles. The maximum atomic E-state index is 11.0. The third kappa shape index (κ3) is 4.18. The van der Waals surface area contributed by atoms with Gasteiger partial charge in [0.05, 0.1) is 11.5 Å². The second-order valence-corrected chi connectivity index (χ2v) is 4.78. The van der Waals surface area contributed by atoms with Crippen molar-refractivity contribution in [3.63, 3.8) is 0 Å². The molecule has 0 aliphatic heterocycles. The van der Waals surface area contributed by atoms with Crippen LogP contribution in [-0.4, -0.2) is 17.4 Å². The molecule has 100 valence electrons. The van der Waals surface area contributed by atoms with E-state index in [-0.39, 0.29) is 5.69 Å². The molecule has 0 bridgehead atoms. The molecule has 0 spiro atoms. The standard InChI is InChI=1S/C13H18ClNO3/c1-10(6-8-14)7-9-18-12-5-3-4-11(2)13(12)15(16)17/h3-5,10H,6-9H2,1-2H3. The van der Waals surface area contributed by atoms with E-state index in [9.17, 15) is 10.1 Å². The fourth-order valence-corrected chi connectivity index (χ4v) is 2.06. The van der Waals surface area contributed by atoms with Crippen LogP contribution >= 0.6 is 11.6 Å². The van der Waals surface area contributed by atoms with Crippen LogP contribution in [0.1, 0.15) is 25.3 Å². The van der Waals surface area contributed by atoms with Crippen molar-refractivity contribution >= 4 is 17.3 Å². The van der Waals surface area contributed by atoms with Crippen molar-refractivity contribution in [1.82, 2.24) is 0 Å². The van der Waals surface area contributed by atoms with Crippen LogP contribution in [0.25, 0.3) is 0 Å². The van der Waals surface area contributed by atoms with Gasteiger partial charge in [-0.1, -0.05) is 19.1 Å². The predicted octanol–water partition coefficient (Wildman–Crippen LogP) is 3.94. The maximum Gasteiger partial charge on any atom is 0.313 e. The minimum atomic E-state index is -0.396. The van der Waals surface area contributed by atoms with Gasteiger partial charge in [-0.3, -0.25) is 10.1 Å². The highest BCUT2D eigenvalue weighted by molar-refractivity contribution is 6.17. The highest BCUT2D eigenvalue weighted by Crippen LogP contribution is 2.30. The van der Waals surface area contributed by atoms with Crippen molar-refractivity contribution in [2.75, 3.05) is 12.5 Å².